The molecule has 21 heavy (non-hydrogen) atoms. The zero-order valence-electron chi connectivity index (χ0n) is 11.3. The van der Waals surface area contributed by atoms with Crippen molar-refractivity contribution in [3.05, 3.63) is 33.7 Å². The molecule has 0 amide bonds. The third-order valence-electron chi connectivity index (χ3n) is 2.62. The quantitative estimate of drug-likeness (QED) is 0.709. The first-order valence-electron chi connectivity index (χ1n) is 6.31. The van der Waals surface area contributed by atoms with E-state index in [9.17, 15) is 8.42 Å². The van der Waals surface area contributed by atoms with Crippen LogP contribution in [0.1, 0.15) is 18.9 Å². The number of sulfonamides is 1. The lowest BCUT2D eigenvalue weighted by Crippen LogP contribution is -2.16. The van der Waals surface area contributed by atoms with Gasteiger partial charge in [-0.1, -0.05) is 24.3 Å². The van der Waals surface area contributed by atoms with Crippen LogP contribution in [0.25, 0.3) is 0 Å². The average molecular weight is 391 g/mol. The monoisotopic (exact) mass is 390 g/mol. The van der Waals surface area contributed by atoms with Gasteiger partial charge in [0.2, 0.25) is 5.13 Å². The molecule has 0 spiro atoms. The van der Waals surface area contributed by atoms with E-state index < -0.39 is 10.0 Å². The van der Waals surface area contributed by atoms with Gasteiger partial charge in [0.05, 0.1) is 0 Å². The molecule has 1 aromatic carbocycles. The largest absolute Gasteiger partial charge is 0.313 e. The lowest BCUT2D eigenvalue weighted by Gasteiger charge is -2.10. The Bertz CT molecular complexity index is 689. The molecule has 0 atom stereocenters. The van der Waals surface area contributed by atoms with Gasteiger partial charge in [-0.15, -0.1) is 10.2 Å². The number of nitrogens with zero attached hydrogens (tertiary/aromatic N) is 2. The van der Waals surface area contributed by atoms with Crippen LogP contribution in [-0.4, -0.2) is 25.2 Å². The van der Waals surface area contributed by atoms with E-state index in [1.54, 1.807) is 12.1 Å². The molecule has 1 aromatic heterocycles. The predicted molar refractivity (Wildman–Crippen MR) is 86.9 cm³/mol. The molecule has 6 nitrogen and oxygen atoms in total. The zero-order valence-corrected chi connectivity index (χ0v) is 14.6. The number of aromatic nitrogens is 2. The standard InChI is InChI=1S/C12H15BrN4O2S2/c1-2-5-14-7-9-3-4-10(13)11(6-9)21(18,19)17-12-16-15-8-20-12/h3-4,6,8,14H,2,5,7H2,1H3,(H,16,17). The van der Waals surface area contributed by atoms with Gasteiger partial charge >= 0.3 is 0 Å². The number of halogens is 1. The molecule has 9 heteroatoms. The minimum absolute atomic E-state index is 0.188. The SMILES string of the molecule is CCCNCc1ccc(Br)c(S(=O)(=O)Nc2nncs2)c1. The minimum atomic E-state index is -3.68. The average Bonchev–Trinajstić information content (AvgIpc) is 2.93. The van der Waals surface area contributed by atoms with Crippen LogP contribution in [0.3, 0.4) is 0 Å². The first kappa shape index (κ1) is 16.3. The zero-order chi connectivity index (χ0) is 15.3. The van der Waals surface area contributed by atoms with Crippen LogP contribution in [-0.2, 0) is 16.6 Å². The van der Waals surface area contributed by atoms with Gasteiger partial charge in [-0.25, -0.2) is 8.42 Å². The van der Waals surface area contributed by atoms with Crippen LogP contribution in [0.5, 0.6) is 0 Å². The summed E-state index contributed by atoms with van der Waals surface area (Å²) in [5.41, 5.74) is 2.38. The van der Waals surface area contributed by atoms with Crippen LogP contribution < -0.4 is 10.0 Å². The summed E-state index contributed by atoms with van der Waals surface area (Å²) < 4.78 is 27.7. The Labute approximate surface area is 136 Å². The number of hydrogen-bond donors (Lipinski definition) is 2. The van der Waals surface area contributed by atoms with E-state index in [-0.39, 0.29) is 10.0 Å². The topological polar surface area (TPSA) is 84.0 Å². The van der Waals surface area contributed by atoms with Gasteiger partial charge in [0.25, 0.3) is 10.0 Å². The fourth-order valence-corrected chi connectivity index (χ4v) is 4.37. The van der Waals surface area contributed by atoms with E-state index in [4.69, 9.17) is 0 Å². The molecular formula is C12H15BrN4O2S2. The number of hydrogen-bond acceptors (Lipinski definition) is 6. The Morgan fingerprint density at radius 2 is 2.19 bits per heavy atom. The summed E-state index contributed by atoms with van der Waals surface area (Å²) in [6.45, 7) is 3.60. The Balaban J connectivity index is 2.22. The second-order valence-corrected chi connectivity index (χ2v) is 7.63. The van der Waals surface area contributed by atoms with Crippen molar-refractivity contribution in [2.45, 2.75) is 24.8 Å². The van der Waals surface area contributed by atoms with E-state index in [0.717, 1.165) is 29.9 Å². The second-order valence-electron chi connectivity index (χ2n) is 4.29. The number of rotatable bonds is 7. The van der Waals surface area contributed by atoms with E-state index >= 15 is 0 Å². The van der Waals surface area contributed by atoms with Gasteiger partial charge in [0.1, 0.15) is 10.4 Å². The summed E-state index contributed by atoms with van der Waals surface area (Å²) in [5, 5.41) is 10.8. The smallest absolute Gasteiger partial charge is 0.264 e. The van der Waals surface area contributed by atoms with Crippen molar-refractivity contribution in [2.24, 2.45) is 0 Å². The molecule has 0 unspecified atom stereocenters. The van der Waals surface area contributed by atoms with Gasteiger partial charge in [0.15, 0.2) is 0 Å². The van der Waals surface area contributed by atoms with Gasteiger partial charge in [-0.3, -0.25) is 4.72 Å². The van der Waals surface area contributed by atoms with E-state index in [0.29, 0.717) is 11.0 Å². The molecular weight excluding hydrogens is 376 g/mol. The minimum Gasteiger partial charge on any atom is -0.313 e. The van der Waals surface area contributed by atoms with Crippen molar-refractivity contribution >= 4 is 42.4 Å². The highest BCUT2D eigenvalue weighted by Crippen LogP contribution is 2.25. The lowest BCUT2D eigenvalue weighted by molar-refractivity contribution is 0.600. The van der Waals surface area contributed by atoms with Crippen LogP contribution in [0.4, 0.5) is 5.13 Å². The van der Waals surface area contributed by atoms with Crippen molar-refractivity contribution in [2.75, 3.05) is 11.3 Å². The van der Waals surface area contributed by atoms with Crippen molar-refractivity contribution < 1.29 is 8.42 Å². The Hall–Kier alpha value is -1.03. The molecule has 0 fully saturated rings. The van der Waals surface area contributed by atoms with Crippen molar-refractivity contribution in [3.8, 4) is 0 Å². The van der Waals surface area contributed by atoms with Crippen molar-refractivity contribution in [1.82, 2.24) is 15.5 Å². The summed E-state index contributed by atoms with van der Waals surface area (Å²) in [5.74, 6) is 0. The van der Waals surface area contributed by atoms with Gasteiger partial charge < -0.3 is 5.32 Å². The first-order chi connectivity index (χ1) is 10.0. The molecule has 0 aliphatic rings. The van der Waals surface area contributed by atoms with Crippen LogP contribution in [0, 0.1) is 0 Å². The molecule has 2 N–H and O–H groups in total. The summed E-state index contributed by atoms with van der Waals surface area (Å²) in [6.07, 6.45) is 1.03. The molecule has 0 saturated heterocycles. The highest BCUT2D eigenvalue weighted by Gasteiger charge is 2.19. The molecule has 0 bridgehead atoms. The maximum atomic E-state index is 12.4. The highest BCUT2D eigenvalue weighted by atomic mass is 79.9. The van der Waals surface area contributed by atoms with Crippen LogP contribution >= 0.6 is 27.3 Å². The van der Waals surface area contributed by atoms with E-state index in [1.165, 1.54) is 5.51 Å². The molecule has 0 saturated carbocycles. The second kappa shape index (κ2) is 7.30. The number of nitrogens with one attached hydrogen (secondary N) is 2. The molecule has 114 valence electrons. The normalized spacial score (nSPS) is 11.5. The third-order valence-corrected chi connectivity index (χ3v) is 5.69. The van der Waals surface area contributed by atoms with Gasteiger partial charge in [0, 0.05) is 11.0 Å². The van der Waals surface area contributed by atoms with Crippen molar-refractivity contribution in [3.63, 3.8) is 0 Å². The first-order valence-corrected chi connectivity index (χ1v) is 9.46. The molecule has 2 rings (SSSR count). The Morgan fingerprint density at radius 1 is 1.38 bits per heavy atom. The third kappa shape index (κ3) is 4.47. The fourth-order valence-electron chi connectivity index (χ4n) is 1.66. The molecule has 0 radical (unpaired) electrons. The lowest BCUT2D eigenvalue weighted by atomic mass is 10.2. The Kier molecular flexibility index (Phi) is 5.68. The Morgan fingerprint density at radius 3 is 2.86 bits per heavy atom. The van der Waals surface area contributed by atoms with Crippen molar-refractivity contribution in [1.29, 1.82) is 0 Å². The molecule has 1 heterocycles. The van der Waals surface area contributed by atoms with Gasteiger partial charge in [-0.2, -0.15) is 0 Å². The summed E-state index contributed by atoms with van der Waals surface area (Å²) in [4.78, 5) is 0.188. The van der Waals surface area contributed by atoms with Crippen LogP contribution in [0.15, 0.2) is 33.1 Å². The number of anilines is 1. The molecule has 2 aromatic rings. The van der Waals surface area contributed by atoms with E-state index in [2.05, 4.69) is 43.1 Å². The maximum absolute atomic E-state index is 12.4. The predicted octanol–water partition coefficient (Wildman–Crippen LogP) is 2.60. The fraction of sp³-hybridized carbons (Fsp3) is 0.333. The van der Waals surface area contributed by atoms with Crippen LogP contribution in [0.2, 0.25) is 0 Å². The van der Waals surface area contributed by atoms with E-state index in [1.807, 2.05) is 6.07 Å². The highest BCUT2D eigenvalue weighted by molar-refractivity contribution is 9.10. The summed E-state index contributed by atoms with van der Waals surface area (Å²) in [6, 6.07) is 5.27. The number of benzene rings is 1. The molecule has 0 aliphatic heterocycles. The molecule has 0 aliphatic carbocycles. The summed E-state index contributed by atoms with van der Waals surface area (Å²) in [7, 11) is -3.68. The summed E-state index contributed by atoms with van der Waals surface area (Å²) >= 11 is 4.41. The maximum Gasteiger partial charge on any atom is 0.264 e. The van der Waals surface area contributed by atoms with Gasteiger partial charge in [-0.05, 0) is 46.6 Å².